The van der Waals surface area contributed by atoms with Crippen LogP contribution in [0.2, 0.25) is 0 Å². The molecule has 0 bridgehead atoms. The summed E-state index contributed by atoms with van der Waals surface area (Å²) < 4.78 is 47.3. The second kappa shape index (κ2) is 10.6. The molecular weight excluding hydrogens is 509 g/mol. The lowest BCUT2D eigenvalue weighted by Crippen LogP contribution is -2.32. The van der Waals surface area contributed by atoms with E-state index in [-0.39, 0.29) is 16.5 Å². The van der Waals surface area contributed by atoms with Crippen LogP contribution < -0.4 is 14.9 Å². The maximum Gasteiger partial charge on any atom is 0.261 e. The average molecular weight is 538 g/mol. The summed E-state index contributed by atoms with van der Waals surface area (Å²) in [5, 5.41) is 10.8. The monoisotopic (exact) mass is 537 g/mol. The first-order valence-corrected chi connectivity index (χ1v) is 13.2. The van der Waals surface area contributed by atoms with Crippen molar-refractivity contribution in [1.82, 2.24) is 10.2 Å². The number of rotatable bonds is 9. The van der Waals surface area contributed by atoms with Gasteiger partial charge in [-0.15, -0.1) is 10.2 Å². The molecule has 2 N–H and O–H groups in total. The van der Waals surface area contributed by atoms with Crippen LogP contribution in [-0.2, 0) is 14.8 Å². The number of anilines is 3. The first-order chi connectivity index (χ1) is 18.0. The summed E-state index contributed by atoms with van der Waals surface area (Å²) in [6.45, 7) is 2.14. The summed E-state index contributed by atoms with van der Waals surface area (Å²) >= 11 is 0. The van der Waals surface area contributed by atoms with Gasteiger partial charge in [-0.2, -0.15) is 0 Å². The third kappa shape index (κ3) is 6.00. The average Bonchev–Trinajstić information content (AvgIpc) is 3.39. The van der Waals surface area contributed by atoms with E-state index in [1.165, 1.54) is 32.0 Å². The fraction of sp³-hybridized carbons (Fsp3) is 0.222. The fourth-order valence-electron chi connectivity index (χ4n) is 3.39. The van der Waals surface area contributed by atoms with Crippen molar-refractivity contribution in [3.63, 3.8) is 0 Å². The quantitative estimate of drug-likeness (QED) is 0.301. The zero-order chi connectivity index (χ0) is 27.5. The molecule has 0 saturated heterocycles. The van der Waals surface area contributed by atoms with Gasteiger partial charge in [-0.1, -0.05) is 12.1 Å². The van der Waals surface area contributed by atoms with Crippen molar-refractivity contribution in [3.8, 4) is 22.9 Å². The van der Waals surface area contributed by atoms with Gasteiger partial charge < -0.3 is 14.6 Å². The molecule has 1 heterocycles. The van der Waals surface area contributed by atoms with Crippen LogP contribution in [0.15, 0.2) is 82.1 Å². The van der Waals surface area contributed by atoms with Crippen molar-refractivity contribution < 1.29 is 22.0 Å². The molecule has 4 rings (SSSR count). The minimum absolute atomic E-state index is 0.0210. The Morgan fingerprint density at radius 3 is 2.21 bits per heavy atom. The first kappa shape index (κ1) is 26.8. The molecule has 11 heteroatoms. The standard InChI is InChI=1S/C27H28FN5O4S/c1-27(2,17-28)26(34)29-20-8-6-9-21(16-20)32-38(35,36)23-13-11-18(12-14-23)24-30-31-25(37-24)19-7-5-10-22(15-19)33(3)4/h5-16,32H,17H2,1-4H3,(H,29,34). The predicted octanol–water partition coefficient (Wildman–Crippen LogP) is 5.20. The topological polar surface area (TPSA) is 117 Å². The Morgan fingerprint density at radius 1 is 0.921 bits per heavy atom. The predicted molar refractivity (Wildman–Crippen MR) is 145 cm³/mol. The zero-order valence-electron chi connectivity index (χ0n) is 21.4. The molecular formula is C27H28FN5O4S. The molecule has 0 aliphatic rings. The summed E-state index contributed by atoms with van der Waals surface area (Å²) in [4.78, 5) is 14.2. The molecule has 0 fully saturated rings. The van der Waals surface area contributed by atoms with Crippen LogP contribution in [-0.4, -0.2) is 45.3 Å². The summed E-state index contributed by atoms with van der Waals surface area (Å²) in [5.74, 6) is 0.0981. The molecule has 3 aromatic carbocycles. The van der Waals surface area contributed by atoms with Crippen LogP contribution in [0.25, 0.3) is 22.9 Å². The summed E-state index contributed by atoms with van der Waals surface area (Å²) in [6, 6.07) is 19.9. The van der Waals surface area contributed by atoms with Gasteiger partial charge in [0.15, 0.2) is 0 Å². The number of carbonyl (C=O) groups is 1. The van der Waals surface area contributed by atoms with Gasteiger partial charge in [-0.25, -0.2) is 12.8 Å². The van der Waals surface area contributed by atoms with Crippen LogP contribution in [0.5, 0.6) is 0 Å². The van der Waals surface area contributed by atoms with Crippen LogP contribution in [0.3, 0.4) is 0 Å². The summed E-state index contributed by atoms with van der Waals surface area (Å²) in [7, 11) is -0.0601. The highest BCUT2D eigenvalue weighted by atomic mass is 32.2. The summed E-state index contributed by atoms with van der Waals surface area (Å²) in [6.07, 6.45) is 0. The SMILES string of the molecule is CN(C)c1cccc(-c2nnc(-c3ccc(S(=O)(=O)Nc4cccc(NC(=O)C(C)(C)CF)c4)cc3)o2)c1. The van der Waals surface area contributed by atoms with E-state index in [1.54, 1.807) is 30.3 Å². The molecule has 0 saturated carbocycles. The van der Waals surface area contributed by atoms with E-state index in [2.05, 4.69) is 20.2 Å². The Kier molecular flexibility index (Phi) is 7.49. The van der Waals surface area contributed by atoms with E-state index >= 15 is 0 Å². The van der Waals surface area contributed by atoms with E-state index in [9.17, 15) is 17.6 Å². The number of benzene rings is 3. The number of sulfonamides is 1. The lowest BCUT2D eigenvalue weighted by atomic mass is 9.94. The highest BCUT2D eigenvalue weighted by Gasteiger charge is 2.27. The van der Waals surface area contributed by atoms with Crippen molar-refractivity contribution in [2.24, 2.45) is 5.41 Å². The van der Waals surface area contributed by atoms with Crippen molar-refractivity contribution in [2.75, 3.05) is 35.7 Å². The first-order valence-electron chi connectivity index (χ1n) is 11.7. The Balaban J connectivity index is 1.49. The Labute approximate surface area is 220 Å². The minimum Gasteiger partial charge on any atom is -0.416 e. The molecule has 0 atom stereocenters. The number of halogens is 1. The number of amides is 1. The van der Waals surface area contributed by atoms with Crippen molar-refractivity contribution in [2.45, 2.75) is 18.7 Å². The van der Waals surface area contributed by atoms with Gasteiger partial charge in [0.05, 0.1) is 16.0 Å². The highest BCUT2D eigenvalue weighted by Crippen LogP contribution is 2.28. The molecule has 9 nitrogen and oxygen atoms in total. The van der Waals surface area contributed by atoms with Gasteiger partial charge in [0, 0.05) is 36.6 Å². The van der Waals surface area contributed by atoms with Crippen LogP contribution >= 0.6 is 0 Å². The van der Waals surface area contributed by atoms with Gasteiger partial charge >= 0.3 is 0 Å². The maximum atomic E-state index is 13.1. The van der Waals surface area contributed by atoms with E-state index < -0.39 is 28.0 Å². The van der Waals surface area contributed by atoms with Gasteiger partial charge in [-0.05, 0) is 74.5 Å². The van der Waals surface area contributed by atoms with Crippen molar-refractivity contribution in [1.29, 1.82) is 0 Å². The van der Waals surface area contributed by atoms with E-state index in [4.69, 9.17) is 4.42 Å². The Morgan fingerprint density at radius 2 is 1.55 bits per heavy atom. The van der Waals surface area contributed by atoms with Gasteiger partial charge in [-0.3, -0.25) is 9.52 Å². The molecule has 1 amide bonds. The van der Waals surface area contributed by atoms with E-state index in [0.29, 0.717) is 17.1 Å². The van der Waals surface area contributed by atoms with Crippen LogP contribution in [0.1, 0.15) is 13.8 Å². The van der Waals surface area contributed by atoms with Crippen molar-refractivity contribution >= 4 is 33.0 Å². The molecule has 0 aliphatic heterocycles. The minimum atomic E-state index is -3.94. The van der Waals surface area contributed by atoms with Gasteiger partial charge in [0.25, 0.3) is 10.0 Å². The second-order valence-electron chi connectivity index (χ2n) is 9.54. The molecule has 38 heavy (non-hydrogen) atoms. The smallest absolute Gasteiger partial charge is 0.261 e. The third-order valence-corrected chi connectivity index (χ3v) is 7.16. The highest BCUT2D eigenvalue weighted by molar-refractivity contribution is 7.92. The second-order valence-corrected chi connectivity index (χ2v) is 11.2. The van der Waals surface area contributed by atoms with Crippen LogP contribution in [0, 0.1) is 5.41 Å². The number of hydrogen-bond donors (Lipinski definition) is 2. The normalized spacial score (nSPS) is 11.7. The largest absolute Gasteiger partial charge is 0.416 e. The lowest BCUT2D eigenvalue weighted by molar-refractivity contribution is -0.124. The fourth-order valence-corrected chi connectivity index (χ4v) is 4.44. The molecule has 198 valence electrons. The van der Waals surface area contributed by atoms with Crippen LogP contribution in [0.4, 0.5) is 21.5 Å². The lowest BCUT2D eigenvalue weighted by Gasteiger charge is -2.19. The van der Waals surface area contributed by atoms with Gasteiger partial charge in [0.2, 0.25) is 17.7 Å². The molecule has 1 aromatic heterocycles. The maximum absolute atomic E-state index is 13.1. The molecule has 0 radical (unpaired) electrons. The number of nitrogens with zero attached hydrogens (tertiary/aromatic N) is 3. The molecule has 0 aliphatic carbocycles. The Bertz CT molecular complexity index is 1550. The summed E-state index contributed by atoms with van der Waals surface area (Å²) in [5.41, 5.74) is 1.70. The third-order valence-electron chi connectivity index (χ3n) is 5.77. The van der Waals surface area contributed by atoms with Crippen molar-refractivity contribution in [3.05, 3.63) is 72.8 Å². The van der Waals surface area contributed by atoms with E-state index in [1.807, 2.05) is 43.3 Å². The zero-order valence-corrected chi connectivity index (χ0v) is 22.2. The number of carbonyl (C=O) groups excluding carboxylic acids is 1. The molecule has 0 unspecified atom stereocenters. The molecule has 4 aromatic rings. The Hall–Kier alpha value is -4.25. The number of aromatic nitrogens is 2. The number of alkyl halides is 1. The van der Waals surface area contributed by atoms with E-state index in [0.717, 1.165) is 11.3 Å². The molecule has 0 spiro atoms. The van der Waals surface area contributed by atoms with Gasteiger partial charge in [0.1, 0.15) is 6.67 Å². The number of hydrogen-bond acceptors (Lipinski definition) is 7. The number of nitrogens with one attached hydrogen (secondary N) is 2.